The van der Waals surface area contributed by atoms with Crippen LogP contribution in [-0.4, -0.2) is 5.66 Å². The summed E-state index contributed by atoms with van der Waals surface area (Å²) in [6.07, 6.45) is 5.78. The molecule has 0 unspecified atom stereocenters. The van der Waals surface area contributed by atoms with E-state index in [0.717, 1.165) is 0 Å². The average molecular weight is 122 g/mol. The molecule has 48 valence electrons. The van der Waals surface area contributed by atoms with Crippen LogP contribution in [0.3, 0.4) is 0 Å². The largest absolute Gasteiger partial charge is 0.203 e. The molecule has 0 N–H and O–H groups in total. The van der Waals surface area contributed by atoms with Gasteiger partial charge in [0.25, 0.3) is 0 Å². The summed E-state index contributed by atoms with van der Waals surface area (Å²) in [6.45, 7) is 4.16. The molecule has 2 heteroatoms. The van der Waals surface area contributed by atoms with E-state index in [4.69, 9.17) is 6.42 Å². The summed E-state index contributed by atoms with van der Waals surface area (Å²) in [5.41, 5.74) is -0.186. The summed E-state index contributed by atoms with van der Waals surface area (Å²) in [5.74, 6) is 3.02. The van der Waals surface area contributed by atoms with Gasteiger partial charge >= 0.3 is 0 Å². The normalized spacial score (nSPS) is 19.8. The van der Waals surface area contributed by atoms with E-state index in [1.165, 1.54) is 0 Å². The summed E-state index contributed by atoms with van der Waals surface area (Å²) < 4.78 is 0. The Labute approximate surface area is 55.4 Å². The van der Waals surface area contributed by atoms with Crippen LogP contribution in [0.2, 0.25) is 0 Å². The maximum Gasteiger partial charge on any atom is 0.203 e. The van der Waals surface area contributed by atoms with Crippen LogP contribution in [0.5, 0.6) is 0 Å². The number of rotatable bonds is 2. The first kappa shape index (κ1) is 6.28. The van der Waals surface area contributed by atoms with Gasteiger partial charge in [-0.15, -0.1) is 12.3 Å². The molecule has 0 aromatic rings. The fourth-order valence-corrected chi connectivity index (χ4v) is 0.720. The van der Waals surface area contributed by atoms with Gasteiger partial charge in [0.1, 0.15) is 0 Å². The van der Waals surface area contributed by atoms with Crippen LogP contribution in [0.15, 0.2) is 10.2 Å². The van der Waals surface area contributed by atoms with E-state index in [1.54, 1.807) is 0 Å². The molecule has 2 nitrogen and oxygen atoms in total. The van der Waals surface area contributed by atoms with Gasteiger partial charge in [0, 0.05) is 5.92 Å². The quantitative estimate of drug-likeness (QED) is 0.499. The molecule has 0 radical (unpaired) electrons. The minimum absolute atomic E-state index is 0.186. The van der Waals surface area contributed by atoms with Gasteiger partial charge in [0.15, 0.2) is 0 Å². The van der Waals surface area contributed by atoms with Crippen molar-refractivity contribution in [2.75, 3.05) is 0 Å². The predicted molar refractivity (Wildman–Crippen MR) is 35.9 cm³/mol. The zero-order chi connectivity index (χ0) is 6.91. The minimum Gasteiger partial charge on any atom is -0.158 e. The van der Waals surface area contributed by atoms with Crippen LogP contribution < -0.4 is 0 Å². The van der Waals surface area contributed by atoms with Crippen molar-refractivity contribution in [1.82, 2.24) is 0 Å². The third kappa shape index (κ3) is 0.951. The fraction of sp³-hybridized carbons (Fsp3) is 0.714. The molecule has 0 spiro atoms. The topological polar surface area (TPSA) is 24.7 Å². The van der Waals surface area contributed by atoms with E-state index in [2.05, 4.69) is 30.0 Å². The number of terminal acetylenes is 1. The second-order valence-corrected chi connectivity index (χ2v) is 2.61. The van der Waals surface area contributed by atoms with Crippen LogP contribution >= 0.6 is 0 Å². The van der Waals surface area contributed by atoms with Crippen LogP contribution in [0, 0.1) is 18.3 Å². The van der Waals surface area contributed by atoms with Crippen molar-refractivity contribution in [2.45, 2.75) is 25.9 Å². The molecular formula is C7H10N2. The second-order valence-electron chi connectivity index (χ2n) is 2.61. The van der Waals surface area contributed by atoms with Gasteiger partial charge < -0.3 is 0 Å². The zero-order valence-corrected chi connectivity index (χ0v) is 5.76. The van der Waals surface area contributed by atoms with Crippen molar-refractivity contribution in [3.05, 3.63) is 0 Å². The van der Waals surface area contributed by atoms with E-state index in [1.807, 2.05) is 0 Å². The SMILES string of the molecule is C#CCC1(C(C)C)N=N1. The van der Waals surface area contributed by atoms with Crippen molar-refractivity contribution in [1.29, 1.82) is 0 Å². The van der Waals surface area contributed by atoms with Crippen molar-refractivity contribution in [3.8, 4) is 12.3 Å². The van der Waals surface area contributed by atoms with Crippen LogP contribution in [0.1, 0.15) is 20.3 Å². The van der Waals surface area contributed by atoms with E-state index in [-0.39, 0.29) is 5.66 Å². The highest BCUT2D eigenvalue weighted by atomic mass is 15.4. The lowest BCUT2D eigenvalue weighted by atomic mass is 9.98. The van der Waals surface area contributed by atoms with Gasteiger partial charge in [-0.3, -0.25) is 0 Å². The molecule has 0 aromatic carbocycles. The Morgan fingerprint density at radius 2 is 2.11 bits per heavy atom. The Hall–Kier alpha value is -0.840. The number of hydrogen-bond donors (Lipinski definition) is 0. The monoisotopic (exact) mass is 122 g/mol. The minimum atomic E-state index is -0.186. The summed E-state index contributed by atoms with van der Waals surface area (Å²) in [5, 5.41) is 7.81. The number of nitrogens with zero attached hydrogens (tertiary/aromatic N) is 2. The molecule has 9 heavy (non-hydrogen) atoms. The van der Waals surface area contributed by atoms with Crippen LogP contribution in [0.4, 0.5) is 0 Å². The molecular weight excluding hydrogens is 112 g/mol. The van der Waals surface area contributed by atoms with E-state index >= 15 is 0 Å². The molecule has 0 saturated heterocycles. The van der Waals surface area contributed by atoms with Crippen molar-refractivity contribution in [3.63, 3.8) is 0 Å². The van der Waals surface area contributed by atoms with E-state index < -0.39 is 0 Å². The average Bonchev–Trinajstić information content (AvgIpc) is 2.49. The summed E-state index contributed by atoms with van der Waals surface area (Å²) in [4.78, 5) is 0. The Kier molecular flexibility index (Phi) is 1.28. The lowest BCUT2D eigenvalue weighted by Crippen LogP contribution is -2.17. The number of hydrogen-bond acceptors (Lipinski definition) is 2. The summed E-state index contributed by atoms with van der Waals surface area (Å²) in [7, 11) is 0. The van der Waals surface area contributed by atoms with Crippen molar-refractivity contribution >= 4 is 0 Å². The molecule has 0 saturated carbocycles. The molecule has 0 atom stereocenters. The third-order valence-electron chi connectivity index (χ3n) is 1.64. The maximum atomic E-state index is 5.12. The fourth-order valence-electron chi connectivity index (χ4n) is 0.720. The highest BCUT2D eigenvalue weighted by Gasteiger charge is 2.42. The lowest BCUT2D eigenvalue weighted by Gasteiger charge is -2.09. The first-order valence-electron chi connectivity index (χ1n) is 3.09. The second kappa shape index (κ2) is 1.84. The third-order valence-corrected chi connectivity index (χ3v) is 1.64. The van der Waals surface area contributed by atoms with E-state index in [9.17, 15) is 0 Å². The van der Waals surface area contributed by atoms with Crippen molar-refractivity contribution < 1.29 is 0 Å². The smallest absolute Gasteiger partial charge is 0.158 e. The van der Waals surface area contributed by atoms with Gasteiger partial charge in [-0.05, 0) is 0 Å². The molecule has 0 aliphatic carbocycles. The molecule has 0 bridgehead atoms. The molecule has 0 fully saturated rings. The standard InChI is InChI=1S/C7H10N2/c1-4-5-7(6(2)3)8-9-7/h1,6H,5H2,2-3H3. The predicted octanol–water partition coefficient (Wildman–Crippen LogP) is 1.83. The zero-order valence-electron chi connectivity index (χ0n) is 5.76. The Bertz CT molecular complexity index is 168. The molecule has 1 aliphatic rings. The van der Waals surface area contributed by atoms with Gasteiger partial charge in [-0.25, -0.2) is 0 Å². The van der Waals surface area contributed by atoms with Gasteiger partial charge in [-0.1, -0.05) is 13.8 Å². The first-order chi connectivity index (χ1) is 4.21. The van der Waals surface area contributed by atoms with Gasteiger partial charge in [0.2, 0.25) is 5.66 Å². The highest BCUT2D eigenvalue weighted by Crippen LogP contribution is 2.38. The summed E-state index contributed by atoms with van der Waals surface area (Å²) in [6, 6.07) is 0. The van der Waals surface area contributed by atoms with Crippen molar-refractivity contribution in [2.24, 2.45) is 16.1 Å². The Morgan fingerprint density at radius 3 is 2.22 bits per heavy atom. The molecule has 1 rings (SSSR count). The Morgan fingerprint density at radius 1 is 1.56 bits per heavy atom. The van der Waals surface area contributed by atoms with Crippen LogP contribution in [-0.2, 0) is 0 Å². The van der Waals surface area contributed by atoms with Crippen LogP contribution in [0.25, 0.3) is 0 Å². The highest BCUT2D eigenvalue weighted by molar-refractivity contribution is 5.05. The maximum absolute atomic E-state index is 5.12. The first-order valence-corrected chi connectivity index (χ1v) is 3.09. The lowest BCUT2D eigenvalue weighted by molar-refractivity contribution is 0.443. The molecule has 0 aromatic heterocycles. The summed E-state index contributed by atoms with van der Waals surface area (Å²) >= 11 is 0. The van der Waals surface area contributed by atoms with E-state index in [0.29, 0.717) is 12.3 Å². The molecule has 0 amide bonds. The molecule has 1 aliphatic heterocycles. The Balaban J connectivity index is 2.46. The van der Waals surface area contributed by atoms with Gasteiger partial charge in [-0.2, -0.15) is 10.2 Å². The molecule has 1 heterocycles. The van der Waals surface area contributed by atoms with Gasteiger partial charge in [0.05, 0.1) is 6.42 Å².